The van der Waals surface area contributed by atoms with Gasteiger partial charge >= 0.3 is 11.9 Å². The van der Waals surface area contributed by atoms with Gasteiger partial charge in [0.25, 0.3) is 0 Å². The van der Waals surface area contributed by atoms with Gasteiger partial charge in [0.05, 0.1) is 61.1 Å². The van der Waals surface area contributed by atoms with Crippen molar-refractivity contribution in [2.45, 2.75) is 86.8 Å². The molecule has 11 atom stereocenters. The van der Waals surface area contributed by atoms with Crippen molar-refractivity contribution in [1.82, 2.24) is 0 Å². The van der Waals surface area contributed by atoms with E-state index in [0.717, 1.165) is 40.4 Å². The minimum atomic E-state index is -2.19. The molecule has 6 aromatic rings. The van der Waals surface area contributed by atoms with Crippen LogP contribution in [-0.2, 0) is 28.5 Å². The van der Waals surface area contributed by atoms with E-state index in [1.807, 2.05) is 0 Å². The lowest BCUT2D eigenvalue weighted by Gasteiger charge is -2.40. The molecule has 0 radical (unpaired) electrons. The third-order valence-electron chi connectivity index (χ3n) is 13.5. The number of esters is 2. The zero-order chi connectivity index (χ0) is 60.5. The van der Waals surface area contributed by atoms with Gasteiger partial charge in [0.1, 0.15) is 84.3 Å². The number of benzene rings is 4. The van der Waals surface area contributed by atoms with Crippen LogP contribution in [0.25, 0.3) is 44.6 Å². The van der Waals surface area contributed by atoms with E-state index in [1.165, 1.54) is 57.7 Å². The number of carbonyl (C=O) groups is 2. The van der Waals surface area contributed by atoms with Crippen molar-refractivity contribution < 1.29 is 131 Å². The average molecular weight is 1170 g/mol. The third-order valence-corrected chi connectivity index (χ3v) is 13.5. The summed E-state index contributed by atoms with van der Waals surface area (Å²) < 4.78 is 77.3. The molecule has 2 fully saturated rings. The standard InChI is InChI=1S/C54H58O29/c1-54(69,16-32(58)76-18-30-36(60)40(64)42(66)52(81-30)80-25-11-9-21(13-29(25)71-3)27-14-23(56)34-38(62)47(72-4)44(68)49(74-6)45(34)78-27)17-33(59)77-19-31-37(61)41(65)43(67)53(82-31)83-51-48(73-5)39(63)35-24(57)15-26(79-46(35)50(51)75-7)20-8-10-22(55)28(12-20)70-2/h8-15,30-31,36-37,40-43,52-53,55,60-69H,16-19H2,1-7H3. The summed E-state index contributed by atoms with van der Waals surface area (Å²) in [7, 11) is 7.14. The topological polar surface area (TPSA) is 428 Å². The number of methoxy groups -OCH3 is 6. The van der Waals surface area contributed by atoms with E-state index in [9.17, 15) is 75.3 Å². The number of phenols is 4. The first-order valence-electron chi connectivity index (χ1n) is 24.8. The van der Waals surface area contributed by atoms with Crippen molar-refractivity contribution in [2.24, 2.45) is 0 Å². The van der Waals surface area contributed by atoms with E-state index in [1.54, 1.807) is 0 Å². The first-order chi connectivity index (χ1) is 39.4. The Balaban J connectivity index is 0.888. The number of aliphatic hydroxyl groups is 7. The van der Waals surface area contributed by atoms with Gasteiger partial charge in [0.2, 0.25) is 47.1 Å². The van der Waals surface area contributed by atoms with Crippen molar-refractivity contribution in [3.63, 3.8) is 0 Å². The molecule has 0 aliphatic carbocycles. The van der Waals surface area contributed by atoms with Gasteiger partial charge in [-0.1, -0.05) is 0 Å². The SMILES string of the molecule is COc1cc(-c2cc(=O)c3c(O)c(OC)c(OC4OC(COC(=O)CC(C)(O)CC(=O)OCC5OC(Oc6ccc(-c7cc(=O)c8c(O)c(OC)c(O)c(OC)c8o7)cc6OC)C(O)C(O)C5O)C(O)C(O)C4O)c(OC)c3o2)ccc1O. The van der Waals surface area contributed by atoms with Crippen molar-refractivity contribution >= 4 is 33.9 Å². The highest BCUT2D eigenvalue weighted by atomic mass is 16.7. The number of phenolic OH excluding ortho intramolecular Hbond substituents is 4. The minimum Gasteiger partial charge on any atom is -0.504 e. The highest BCUT2D eigenvalue weighted by Gasteiger charge is 2.48. The number of aliphatic hydroxyl groups excluding tert-OH is 6. The molecular formula is C54H58O29. The first kappa shape index (κ1) is 60.6. The largest absolute Gasteiger partial charge is 0.504 e. The molecule has 8 rings (SSSR count). The Hall–Kier alpha value is -8.52. The molecule has 0 bridgehead atoms. The predicted octanol–water partition coefficient (Wildman–Crippen LogP) is 0.798. The normalized spacial score (nSPS) is 23.2. The fraction of sp³-hybridized carbons (Fsp3) is 0.407. The Kier molecular flexibility index (Phi) is 17.9. The average Bonchev–Trinajstić information content (AvgIpc) is 3.56. The Labute approximate surface area is 467 Å². The fourth-order valence-electron chi connectivity index (χ4n) is 9.20. The van der Waals surface area contributed by atoms with E-state index in [-0.39, 0.29) is 73.7 Å². The van der Waals surface area contributed by atoms with Gasteiger partial charge in [-0.25, -0.2) is 0 Å². The molecule has 0 spiro atoms. The lowest BCUT2D eigenvalue weighted by molar-refractivity contribution is -0.279. The Bertz CT molecular complexity index is 3520. The molecule has 2 aliphatic rings. The van der Waals surface area contributed by atoms with Crippen LogP contribution >= 0.6 is 0 Å². The van der Waals surface area contributed by atoms with Crippen molar-refractivity contribution in [3.8, 4) is 91.6 Å². The second kappa shape index (κ2) is 24.5. The maximum atomic E-state index is 13.5. The van der Waals surface area contributed by atoms with Crippen LogP contribution in [0.1, 0.15) is 19.8 Å². The summed E-state index contributed by atoms with van der Waals surface area (Å²) >= 11 is 0. The summed E-state index contributed by atoms with van der Waals surface area (Å²) in [5.41, 5.74) is -3.97. The molecule has 0 saturated carbocycles. The Morgan fingerprint density at radius 2 is 0.940 bits per heavy atom. The number of aromatic hydroxyl groups is 4. The molecule has 4 heterocycles. The fourth-order valence-corrected chi connectivity index (χ4v) is 9.20. The number of hydrogen-bond donors (Lipinski definition) is 11. The van der Waals surface area contributed by atoms with Crippen molar-refractivity contribution in [1.29, 1.82) is 0 Å². The highest BCUT2D eigenvalue weighted by molar-refractivity contribution is 5.96. The van der Waals surface area contributed by atoms with Crippen LogP contribution in [0.4, 0.5) is 0 Å². The maximum absolute atomic E-state index is 13.5. The monoisotopic (exact) mass is 1170 g/mol. The maximum Gasteiger partial charge on any atom is 0.308 e. The van der Waals surface area contributed by atoms with Gasteiger partial charge in [0, 0.05) is 23.3 Å². The molecule has 29 nitrogen and oxygen atoms in total. The van der Waals surface area contributed by atoms with E-state index in [2.05, 4.69) is 0 Å². The summed E-state index contributed by atoms with van der Waals surface area (Å²) in [6.07, 6.45) is -20.4. The number of fused-ring (bicyclic) bond motifs is 2. The number of rotatable bonds is 20. The number of carbonyl (C=O) groups excluding carboxylic acids is 2. The summed E-state index contributed by atoms with van der Waals surface area (Å²) in [6, 6.07) is 10.2. The van der Waals surface area contributed by atoms with E-state index < -0.39 is 156 Å². The van der Waals surface area contributed by atoms with Gasteiger partial charge < -0.3 is 122 Å². The molecule has 11 N–H and O–H groups in total. The number of hydrogen-bond acceptors (Lipinski definition) is 29. The smallest absolute Gasteiger partial charge is 0.308 e. The lowest BCUT2D eigenvalue weighted by Crippen LogP contribution is -2.60. The summed E-state index contributed by atoms with van der Waals surface area (Å²) in [5, 5.41) is 118. The van der Waals surface area contributed by atoms with E-state index in [4.69, 9.17) is 65.7 Å². The van der Waals surface area contributed by atoms with Crippen molar-refractivity contribution in [2.75, 3.05) is 55.9 Å². The van der Waals surface area contributed by atoms with Gasteiger partial charge in [-0.05, 0) is 43.3 Å². The molecule has 2 aromatic heterocycles. The van der Waals surface area contributed by atoms with Crippen LogP contribution in [0.15, 0.2) is 67.0 Å². The third kappa shape index (κ3) is 11.9. The Morgan fingerprint density at radius 3 is 1.42 bits per heavy atom. The molecule has 4 aromatic carbocycles. The first-order valence-corrected chi connectivity index (χ1v) is 24.8. The van der Waals surface area contributed by atoms with Crippen molar-refractivity contribution in [3.05, 3.63) is 69.0 Å². The van der Waals surface area contributed by atoms with E-state index >= 15 is 0 Å². The molecule has 2 aliphatic heterocycles. The van der Waals surface area contributed by atoms with Gasteiger partial charge in [-0.15, -0.1) is 0 Å². The van der Waals surface area contributed by atoms with Gasteiger partial charge in [0.15, 0.2) is 56.5 Å². The molecule has 29 heteroatoms. The van der Waals surface area contributed by atoms with E-state index in [0.29, 0.717) is 0 Å². The molecule has 2 saturated heterocycles. The van der Waals surface area contributed by atoms with Crippen LogP contribution in [0, 0.1) is 0 Å². The molecule has 83 heavy (non-hydrogen) atoms. The lowest BCUT2D eigenvalue weighted by atomic mass is 9.97. The van der Waals surface area contributed by atoms with Crippen LogP contribution in [-0.4, -0.2) is 191 Å². The Morgan fingerprint density at radius 1 is 0.494 bits per heavy atom. The zero-order valence-corrected chi connectivity index (χ0v) is 45.0. The molecule has 0 amide bonds. The quantitative estimate of drug-likeness (QED) is 0.0471. The van der Waals surface area contributed by atoms with Crippen LogP contribution in [0.5, 0.6) is 69.0 Å². The zero-order valence-electron chi connectivity index (χ0n) is 45.0. The van der Waals surface area contributed by atoms with Crippen LogP contribution < -0.4 is 48.8 Å². The molecular weight excluding hydrogens is 1110 g/mol. The highest BCUT2D eigenvalue weighted by Crippen LogP contribution is 2.52. The van der Waals surface area contributed by atoms with Crippen LogP contribution in [0.2, 0.25) is 0 Å². The van der Waals surface area contributed by atoms with Gasteiger partial charge in [-0.2, -0.15) is 0 Å². The predicted molar refractivity (Wildman–Crippen MR) is 278 cm³/mol. The second-order valence-electron chi connectivity index (χ2n) is 19.1. The second-order valence-corrected chi connectivity index (χ2v) is 19.1. The minimum absolute atomic E-state index is 0.0382. The summed E-state index contributed by atoms with van der Waals surface area (Å²) in [4.78, 5) is 52.9. The van der Waals surface area contributed by atoms with Gasteiger partial charge in [-0.3, -0.25) is 19.2 Å². The number of ether oxygens (including phenoxy) is 12. The summed E-state index contributed by atoms with van der Waals surface area (Å²) in [5.74, 6) is -7.12. The summed E-state index contributed by atoms with van der Waals surface area (Å²) in [6.45, 7) is -0.575. The molecule has 448 valence electrons. The van der Waals surface area contributed by atoms with Crippen LogP contribution in [0.3, 0.4) is 0 Å². The molecule has 11 unspecified atom stereocenters.